The van der Waals surface area contributed by atoms with E-state index in [-0.39, 0.29) is 23.5 Å². The van der Waals surface area contributed by atoms with Gasteiger partial charge in [-0.2, -0.15) is 0 Å². The van der Waals surface area contributed by atoms with Crippen molar-refractivity contribution in [1.82, 2.24) is 9.80 Å². The van der Waals surface area contributed by atoms with E-state index in [1.54, 1.807) is 24.0 Å². The molecule has 28 heavy (non-hydrogen) atoms. The Morgan fingerprint density at radius 1 is 1.14 bits per heavy atom. The molecule has 0 N–H and O–H groups in total. The molecule has 3 rings (SSSR count). The van der Waals surface area contributed by atoms with Crippen LogP contribution in [0.3, 0.4) is 0 Å². The van der Waals surface area contributed by atoms with E-state index in [1.165, 1.54) is 6.07 Å². The molecule has 1 aliphatic heterocycles. The van der Waals surface area contributed by atoms with E-state index in [4.69, 9.17) is 0 Å². The maximum absolute atomic E-state index is 14.2. The van der Waals surface area contributed by atoms with Crippen LogP contribution in [0.1, 0.15) is 25.8 Å². The van der Waals surface area contributed by atoms with Crippen molar-refractivity contribution in [3.05, 3.63) is 59.9 Å². The van der Waals surface area contributed by atoms with Crippen molar-refractivity contribution in [3.8, 4) is 11.1 Å². The largest absolute Gasteiger partial charge is 0.341 e. The van der Waals surface area contributed by atoms with Gasteiger partial charge in [0, 0.05) is 38.7 Å². The minimum Gasteiger partial charge on any atom is -0.341 e. The van der Waals surface area contributed by atoms with Gasteiger partial charge in [0.2, 0.25) is 11.8 Å². The molecule has 5 heteroatoms. The van der Waals surface area contributed by atoms with Gasteiger partial charge in [0.1, 0.15) is 5.82 Å². The zero-order valence-electron chi connectivity index (χ0n) is 16.5. The van der Waals surface area contributed by atoms with E-state index in [0.29, 0.717) is 38.2 Å². The van der Waals surface area contributed by atoms with Gasteiger partial charge in [-0.05, 0) is 30.0 Å². The van der Waals surface area contributed by atoms with Gasteiger partial charge in [-0.25, -0.2) is 4.39 Å². The van der Waals surface area contributed by atoms with E-state index in [1.807, 2.05) is 42.2 Å². The molecule has 0 aliphatic carbocycles. The minimum atomic E-state index is -0.283. The molecule has 2 amide bonds. The van der Waals surface area contributed by atoms with Gasteiger partial charge >= 0.3 is 0 Å². The average Bonchev–Trinajstić information content (AvgIpc) is 2.83. The molecule has 148 valence electrons. The first-order valence-corrected chi connectivity index (χ1v) is 9.87. The average molecular weight is 382 g/mol. The number of rotatable bonds is 5. The first-order valence-electron chi connectivity index (χ1n) is 9.87. The van der Waals surface area contributed by atoms with E-state index in [9.17, 15) is 14.0 Å². The lowest BCUT2D eigenvalue weighted by molar-refractivity contribution is -0.134. The van der Waals surface area contributed by atoms with Crippen LogP contribution in [-0.4, -0.2) is 47.8 Å². The Labute approximate surface area is 166 Å². The van der Waals surface area contributed by atoms with Crippen LogP contribution in [0, 0.1) is 11.7 Å². The zero-order chi connectivity index (χ0) is 20.1. The zero-order valence-corrected chi connectivity index (χ0v) is 16.5. The Hall–Kier alpha value is -2.69. The lowest BCUT2D eigenvalue weighted by atomic mass is 9.94. The molecule has 2 aromatic rings. The van der Waals surface area contributed by atoms with Crippen LogP contribution in [0.2, 0.25) is 0 Å². The molecule has 0 bridgehead atoms. The fourth-order valence-electron chi connectivity index (χ4n) is 3.82. The highest BCUT2D eigenvalue weighted by Gasteiger charge is 2.31. The van der Waals surface area contributed by atoms with E-state index >= 15 is 0 Å². The fourth-order valence-corrected chi connectivity index (χ4v) is 3.82. The highest BCUT2D eigenvalue weighted by Crippen LogP contribution is 2.25. The summed E-state index contributed by atoms with van der Waals surface area (Å²) in [6.07, 6.45) is 1.42. The van der Waals surface area contributed by atoms with Gasteiger partial charge in [0.15, 0.2) is 0 Å². The molecule has 1 heterocycles. The Morgan fingerprint density at radius 2 is 1.93 bits per heavy atom. The molecule has 0 spiro atoms. The maximum atomic E-state index is 14.2. The second kappa shape index (κ2) is 9.00. The molecule has 1 atom stereocenters. The number of carbonyl (C=O) groups excluding carboxylic acids is 2. The molecule has 2 aromatic carbocycles. The van der Waals surface area contributed by atoms with Crippen molar-refractivity contribution < 1.29 is 14.0 Å². The third-order valence-corrected chi connectivity index (χ3v) is 5.27. The van der Waals surface area contributed by atoms with Crippen molar-refractivity contribution >= 4 is 11.8 Å². The summed E-state index contributed by atoms with van der Waals surface area (Å²) in [5.41, 5.74) is 2.32. The Bertz CT molecular complexity index is 852. The van der Waals surface area contributed by atoms with Crippen LogP contribution < -0.4 is 0 Å². The molecule has 1 unspecified atom stereocenters. The highest BCUT2D eigenvalue weighted by molar-refractivity contribution is 5.81. The van der Waals surface area contributed by atoms with Crippen molar-refractivity contribution in [2.75, 3.05) is 26.2 Å². The first-order chi connectivity index (χ1) is 13.5. The van der Waals surface area contributed by atoms with Gasteiger partial charge in [-0.1, -0.05) is 49.4 Å². The third kappa shape index (κ3) is 4.58. The summed E-state index contributed by atoms with van der Waals surface area (Å²) in [5.74, 6) is -0.450. The number of amides is 2. The molecule has 0 radical (unpaired) electrons. The number of hydrogen-bond donors (Lipinski definition) is 0. The molecule has 0 saturated carbocycles. The van der Waals surface area contributed by atoms with Gasteiger partial charge in [0.25, 0.3) is 0 Å². The number of nitrogens with zero attached hydrogens (tertiary/aromatic N) is 2. The predicted octanol–water partition coefficient (Wildman–Crippen LogP) is 3.75. The van der Waals surface area contributed by atoms with E-state index in [2.05, 4.69) is 0 Å². The van der Waals surface area contributed by atoms with Crippen LogP contribution in [0.25, 0.3) is 11.1 Å². The molecule has 1 saturated heterocycles. The van der Waals surface area contributed by atoms with Gasteiger partial charge < -0.3 is 9.80 Å². The lowest BCUT2D eigenvalue weighted by Crippen LogP contribution is -2.38. The Kier molecular flexibility index (Phi) is 6.45. The summed E-state index contributed by atoms with van der Waals surface area (Å²) in [5, 5.41) is 0. The van der Waals surface area contributed by atoms with Crippen LogP contribution in [-0.2, 0) is 16.0 Å². The molecular formula is C23H27FN2O2. The predicted molar refractivity (Wildman–Crippen MR) is 108 cm³/mol. The van der Waals surface area contributed by atoms with Crippen LogP contribution >= 0.6 is 0 Å². The summed E-state index contributed by atoms with van der Waals surface area (Å²) in [4.78, 5) is 28.6. The molecule has 0 aromatic heterocycles. The Balaban J connectivity index is 1.85. The summed E-state index contributed by atoms with van der Waals surface area (Å²) in [6, 6.07) is 14.4. The summed E-state index contributed by atoms with van der Waals surface area (Å²) >= 11 is 0. The van der Waals surface area contributed by atoms with Crippen molar-refractivity contribution in [2.45, 2.75) is 26.7 Å². The smallest absolute Gasteiger partial charge is 0.227 e. The van der Waals surface area contributed by atoms with Crippen LogP contribution in [0.15, 0.2) is 48.5 Å². The maximum Gasteiger partial charge on any atom is 0.227 e. The minimum absolute atomic E-state index is 0.00347. The first kappa shape index (κ1) is 20.1. The van der Waals surface area contributed by atoms with Crippen molar-refractivity contribution in [3.63, 3.8) is 0 Å². The van der Waals surface area contributed by atoms with Crippen LogP contribution in [0.4, 0.5) is 4.39 Å². The van der Waals surface area contributed by atoms with Crippen molar-refractivity contribution in [1.29, 1.82) is 0 Å². The standard InChI is InChI=1S/C23H27FN2O2/c1-3-11-25-12-13-26(17(2)27)16-20(23(25)28)15-18-7-6-8-19(14-18)21-9-4-5-10-22(21)24/h4-10,14,20H,3,11-13,15-16H2,1-2H3. The second-order valence-corrected chi connectivity index (χ2v) is 7.37. The molecular weight excluding hydrogens is 355 g/mol. The number of benzene rings is 2. The number of hydrogen-bond acceptors (Lipinski definition) is 2. The summed E-state index contributed by atoms with van der Waals surface area (Å²) in [6.45, 7) is 5.89. The third-order valence-electron chi connectivity index (χ3n) is 5.27. The van der Waals surface area contributed by atoms with Crippen molar-refractivity contribution in [2.24, 2.45) is 5.92 Å². The van der Waals surface area contributed by atoms with Gasteiger partial charge in [-0.15, -0.1) is 0 Å². The number of halogens is 1. The highest BCUT2D eigenvalue weighted by atomic mass is 19.1. The van der Waals surface area contributed by atoms with E-state index in [0.717, 1.165) is 17.5 Å². The Morgan fingerprint density at radius 3 is 2.64 bits per heavy atom. The van der Waals surface area contributed by atoms with Gasteiger partial charge in [0.05, 0.1) is 5.92 Å². The monoisotopic (exact) mass is 382 g/mol. The lowest BCUT2D eigenvalue weighted by Gasteiger charge is -2.23. The van der Waals surface area contributed by atoms with Gasteiger partial charge in [-0.3, -0.25) is 9.59 Å². The quantitative estimate of drug-likeness (QED) is 0.790. The second-order valence-electron chi connectivity index (χ2n) is 7.37. The SMILES string of the molecule is CCCN1CCN(C(C)=O)CC(Cc2cccc(-c3ccccc3F)c2)C1=O. The molecule has 1 fully saturated rings. The normalized spacial score (nSPS) is 17.5. The molecule has 4 nitrogen and oxygen atoms in total. The van der Waals surface area contributed by atoms with E-state index < -0.39 is 0 Å². The summed E-state index contributed by atoms with van der Waals surface area (Å²) in [7, 11) is 0. The fraction of sp³-hybridized carbons (Fsp3) is 0.391. The topological polar surface area (TPSA) is 40.6 Å². The van der Waals surface area contributed by atoms with Crippen LogP contribution in [0.5, 0.6) is 0 Å². The number of carbonyl (C=O) groups is 2. The summed E-state index contributed by atoms with van der Waals surface area (Å²) < 4.78 is 14.2. The molecule has 1 aliphatic rings.